The average molecular weight is 449 g/mol. The molecule has 0 unspecified atom stereocenters. The van der Waals surface area contributed by atoms with E-state index in [0.29, 0.717) is 11.3 Å². The minimum absolute atomic E-state index is 0.179. The second-order valence-corrected chi connectivity index (χ2v) is 8.24. The SMILES string of the molecule is O=C(Nc1cccc(-c2csc(-c3ccccc3)n2)c1)c1ccc(Oc2ccccc2)cc1. The van der Waals surface area contributed by atoms with E-state index in [1.807, 2.05) is 78.2 Å². The van der Waals surface area contributed by atoms with Gasteiger partial charge >= 0.3 is 0 Å². The third-order valence-corrected chi connectivity index (χ3v) is 5.93. The van der Waals surface area contributed by atoms with E-state index in [0.717, 1.165) is 33.3 Å². The highest BCUT2D eigenvalue weighted by Gasteiger charge is 2.10. The molecule has 0 bridgehead atoms. The van der Waals surface area contributed by atoms with Gasteiger partial charge in [-0.25, -0.2) is 4.98 Å². The molecule has 0 fully saturated rings. The first-order chi connectivity index (χ1) is 16.2. The highest BCUT2D eigenvalue weighted by atomic mass is 32.1. The fourth-order valence-electron chi connectivity index (χ4n) is 3.38. The first kappa shape index (κ1) is 20.7. The third-order valence-electron chi connectivity index (χ3n) is 5.04. The molecule has 4 aromatic carbocycles. The van der Waals surface area contributed by atoms with Crippen LogP contribution in [0.25, 0.3) is 21.8 Å². The van der Waals surface area contributed by atoms with Crippen molar-refractivity contribution in [1.29, 1.82) is 0 Å². The molecular weight excluding hydrogens is 428 g/mol. The fourth-order valence-corrected chi connectivity index (χ4v) is 4.21. The molecule has 1 amide bonds. The molecule has 0 saturated heterocycles. The Morgan fingerprint density at radius 1 is 0.727 bits per heavy atom. The highest BCUT2D eigenvalue weighted by Crippen LogP contribution is 2.30. The number of aromatic nitrogens is 1. The number of ether oxygens (including phenoxy) is 1. The summed E-state index contributed by atoms with van der Waals surface area (Å²) in [6.45, 7) is 0. The summed E-state index contributed by atoms with van der Waals surface area (Å²) in [5.41, 5.74) is 4.21. The van der Waals surface area contributed by atoms with E-state index in [2.05, 4.69) is 17.4 Å². The molecule has 0 spiro atoms. The van der Waals surface area contributed by atoms with Crippen LogP contribution in [0.3, 0.4) is 0 Å². The van der Waals surface area contributed by atoms with E-state index >= 15 is 0 Å². The van der Waals surface area contributed by atoms with Crippen LogP contribution in [0.2, 0.25) is 0 Å². The molecular formula is C28H20N2O2S. The summed E-state index contributed by atoms with van der Waals surface area (Å²) in [4.78, 5) is 17.5. The van der Waals surface area contributed by atoms with Crippen LogP contribution in [0.4, 0.5) is 5.69 Å². The van der Waals surface area contributed by atoms with Gasteiger partial charge in [0.2, 0.25) is 0 Å². The molecule has 5 aromatic rings. The number of nitrogens with zero attached hydrogens (tertiary/aromatic N) is 1. The van der Waals surface area contributed by atoms with Gasteiger partial charge in [0.25, 0.3) is 5.91 Å². The summed E-state index contributed by atoms with van der Waals surface area (Å²) in [6.07, 6.45) is 0. The smallest absolute Gasteiger partial charge is 0.255 e. The van der Waals surface area contributed by atoms with E-state index < -0.39 is 0 Å². The maximum Gasteiger partial charge on any atom is 0.255 e. The van der Waals surface area contributed by atoms with Gasteiger partial charge in [0, 0.05) is 27.8 Å². The lowest BCUT2D eigenvalue weighted by atomic mass is 10.1. The van der Waals surface area contributed by atoms with Crippen LogP contribution in [-0.2, 0) is 0 Å². The lowest BCUT2D eigenvalue weighted by Gasteiger charge is -2.08. The van der Waals surface area contributed by atoms with E-state index in [9.17, 15) is 4.79 Å². The van der Waals surface area contributed by atoms with Crippen molar-refractivity contribution in [2.24, 2.45) is 0 Å². The van der Waals surface area contributed by atoms with Gasteiger partial charge in [0.15, 0.2) is 0 Å². The Labute approximate surface area is 196 Å². The summed E-state index contributed by atoms with van der Waals surface area (Å²) < 4.78 is 5.79. The van der Waals surface area contributed by atoms with Crippen LogP contribution in [-0.4, -0.2) is 10.9 Å². The van der Waals surface area contributed by atoms with Crippen LogP contribution in [0.1, 0.15) is 10.4 Å². The summed E-state index contributed by atoms with van der Waals surface area (Å²) in [6, 6.07) is 34.5. The predicted octanol–water partition coefficient (Wildman–Crippen LogP) is 7.52. The lowest BCUT2D eigenvalue weighted by Crippen LogP contribution is -2.11. The molecule has 5 heteroatoms. The maximum atomic E-state index is 12.8. The number of benzene rings is 4. The fraction of sp³-hybridized carbons (Fsp3) is 0. The Morgan fingerprint density at radius 2 is 1.39 bits per heavy atom. The number of anilines is 1. The zero-order valence-electron chi connectivity index (χ0n) is 17.6. The van der Waals surface area contributed by atoms with Crippen molar-refractivity contribution in [2.75, 3.05) is 5.32 Å². The van der Waals surface area contributed by atoms with Gasteiger partial charge in [-0.3, -0.25) is 4.79 Å². The minimum atomic E-state index is -0.179. The Balaban J connectivity index is 1.28. The summed E-state index contributed by atoms with van der Waals surface area (Å²) in [5.74, 6) is 1.25. The molecule has 5 rings (SSSR count). The second-order valence-electron chi connectivity index (χ2n) is 7.38. The van der Waals surface area contributed by atoms with E-state index in [4.69, 9.17) is 9.72 Å². The minimum Gasteiger partial charge on any atom is -0.457 e. The largest absolute Gasteiger partial charge is 0.457 e. The Kier molecular flexibility index (Phi) is 5.95. The topological polar surface area (TPSA) is 51.2 Å². The molecule has 0 saturated carbocycles. The van der Waals surface area contributed by atoms with Crippen molar-refractivity contribution < 1.29 is 9.53 Å². The monoisotopic (exact) mass is 448 g/mol. The number of carbonyl (C=O) groups is 1. The molecule has 4 nitrogen and oxygen atoms in total. The van der Waals surface area contributed by atoms with E-state index in [1.54, 1.807) is 35.6 Å². The van der Waals surface area contributed by atoms with Crippen molar-refractivity contribution in [3.63, 3.8) is 0 Å². The third kappa shape index (κ3) is 5.00. The zero-order valence-corrected chi connectivity index (χ0v) is 18.5. The van der Waals surface area contributed by atoms with Gasteiger partial charge in [0.05, 0.1) is 5.69 Å². The van der Waals surface area contributed by atoms with Crippen LogP contribution in [0, 0.1) is 0 Å². The maximum absolute atomic E-state index is 12.8. The molecule has 0 radical (unpaired) electrons. The Morgan fingerprint density at radius 3 is 2.15 bits per heavy atom. The molecule has 160 valence electrons. The Bertz CT molecular complexity index is 1360. The van der Waals surface area contributed by atoms with Crippen molar-refractivity contribution in [1.82, 2.24) is 4.98 Å². The van der Waals surface area contributed by atoms with Crippen LogP contribution in [0.15, 0.2) is 115 Å². The predicted molar refractivity (Wildman–Crippen MR) is 134 cm³/mol. The number of hydrogen-bond donors (Lipinski definition) is 1. The summed E-state index contributed by atoms with van der Waals surface area (Å²) >= 11 is 1.61. The number of thiazole rings is 1. The summed E-state index contributed by atoms with van der Waals surface area (Å²) in [7, 11) is 0. The number of carbonyl (C=O) groups excluding carboxylic acids is 1. The molecule has 0 atom stereocenters. The zero-order chi connectivity index (χ0) is 22.5. The quantitative estimate of drug-likeness (QED) is 0.292. The van der Waals surface area contributed by atoms with E-state index in [-0.39, 0.29) is 5.91 Å². The normalized spacial score (nSPS) is 10.5. The van der Waals surface area contributed by atoms with Crippen LogP contribution >= 0.6 is 11.3 Å². The van der Waals surface area contributed by atoms with Crippen molar-refractivity contribution >= 4 is 22.9 Å². The lowest BCUT2D eigenvalue weighted by molar-refractivity contribution is 0.102. The Hall–Kier alpha value is -4.22. The number of nitrogens with one attached hydrogen (secondary N) is 1. The van der Waals surface area contributed by atoms with Gasteiger partial charge < -0.3 is 10.1 Å². The van der Waals surface area contributed by atoms with Crippen molar-refractivity contribution in [3.8, 4) is 33.3 Å². The van der Waals surface area contributed by atoms with Crippen LogP contribution < -0.4 is 10.1 Å². The highest BCUT2D eigenvalue weighted by molar-refractivity contribution is 7.13. The molecule has 1 heterocycles. The molecule has 1 N–H and O–H groups in total. The number of rotatable bonds is 6. The molecule has 0 aliphatic carbocycles. The van der Waals surface area contributed by atoms with Gasteiger partial charge in [-0.15, -0.1) is 11.3 Å². The van der Waals surface area contributed by atoms with Gasteiger partial charge in [-0.05, 0) is 48.5 Å². The van der Waals surface area contributed by atoms with Crippen molar-refractivity contribution in [2.45, 2.75) is 0 Å². The molecule has 33 heavy (non-hydrogen) atoms. The van der Waals surface area contributed by atoms with E-state index in [1.165, 1.54) is 0 Å². The first-order valence-electron chi connectivity index (χ1n) is 10.5. The second kappa shape index (κ2) is 9.51. The summed E-state index contributed by atoms with van der Waals surface area (Å²) in [5, 5.41) is 5.98. The average Bonchev–Trinajstić information content (AvgIpc) is 3.36. The number of para-hydroxylation sites is 1. The molecule has 1 aromatic heterocycles. The standard InChI is InChI=1S/C28H20N2O2S/c31-27(20-14-16-25(17-15-20)32-24-12-5-2-6-13-24)29-23-11-7-10-22(18-23)26-19-33-28(30-26)21-8-3-1-4-9-21/h1-19H,(H,29,31). The van der Waals surface area contributed by atoms with Crippen LogP contribution in [0.5, 0.6) is 11.5 Å². The van der Waals surface area contributed by atoms with Crippen molar-refractivity contribution in [3.05, 3.63) is 120 Å². The van der Waals surface area contributed by atoms with Gasteiger partial charge in [-0.1, -0.05) is 60.7 Å². The number of amides is 1. The van der Waals surface area contributed by atoms with Gasteiger partial charge in [0.1, 0.15) is 16.5 Å². The first-order valence-corrected chi connectivity index (χ1v) is 11.4. The molecule has 0 aliphatic rings. The number of hydrogen-bond acceptors (Lipinski definition) is 4. The molecule has 0 aliphatic heterocycles. The van der Waals surface area contributed by atoms with Gasteiger partial charge in [-0.2, -0.15) is 0 Å².